The quantitative estimate of drug-likeness (QED) is 0.821. The summed E-state index contributed by atoms with van der Waals surface area (Å²) < 4.78 is 5.86. The van der Waals surface area contributed by atoms with Crippen LogP contribution in [0.15, 0.2) is 29.6 Å². The zero-order valence-corrected chi connectivity index (χ0v) is 12.8. The van der Waals surface area contributed by atoms with Crippen molar-refractivity contribution in [2.45, 2.75) is 32.8 Å². The van der Waals surface area contributed by atoms with Crippen LogP contribution >= 0.6 is 11.3 Å². The topological polar surface area (TPSA) is 45.9 Å². The van der Waals surface area contributed by atoms with E-state index in [0.717, 1.165) is 22.7 Å². The lowest BCUT2D eigenvalue weighted by atomic mass is 10.0. The fourth-order valence-electron chi connectivity index (χ4n) is 2.00. The number of rotatable bonds is 5. The molecule has 0 N–H and O–H groups in total. The summed E-state index contributed by atoms with van der Waals surface area (Å²) in [5.74, 6) is 0. The number of nitriles is 1. The first kappa shape index (κ1) is 14.7. The fraction of sp³-hybridized carbons (Fsp3) is 0.375. The predicted molar refractivity (Wildman–Crippen MR) is 81.5 cm³/mol. The van der Waals surface area contributed by atoms with Crippen LogP contribution in [0.5, 0.6) is 0 Å². The van der Waals surface area contributed by atoms with Crippen LogP contribution in [-0.2, 0) is 10.3 Å². The molecule has 1 heterocycles. The molecule has 1 aromatic heterocycles. The highest BCUT2D eigenvalue weighted by Gasteiger charge is 2.28. The Kier molecular flexibility index (Phi) is 4.53. The second-order valence-corrected chi connectivity index (χ2v) is 5.60. The van der Waals surface area contributed by atoms with Gasteiger partial charge in [-0.25, -0.2) is 4.98 Å². The van der Waals surface area contributed by atoms with Crippen molar-refractivity contribution in [1.82, 2.24) is 4.98 Å². The van der Waals surface area contributed by atoms with Crippen molar-refractivity contribution in [2.24, 2.45) is 0 Å². The maximum Gasteiger partial charge on any atom is 0.125 e. The summed E-state index contributed by atoms with van der Waals surface area (Å²) in [6, 6.07) is 9.62. The second kappa shape index (κ2) is 6.17. The largest absolute Gasteiger partial charge is 0.368 e. The smallest absolute Gasteiger partial charge is 0.125 e. The third-order valence-electron chi connectivity index (χ3n) is 3.40. The standard InChI is InChI=1S/C16H18N2OS/c1-4-16(3,19-5-2)15-18-14(11-20-15)13-8-6-12(10-17)7-9-13/h6-9,11H,4-5H2,1-3H3. The Bertz CT molecular complexity index is 612. The zero-order valence-electron chi connectivity index (χ0n) is 12.0. The Labute approximate surface area is 123 Å². The van der Waals surface area contributed by atoms with Gasteiger partial charge in [0, 0.05) is 17.6 Å². The lowest BCUT2D eigenvalue weighted by Crippen LogP contribution is -2.24. The van der Waals surface area contributed by atoms with E-state index in [1.807, 2.05) is 36.6 Å². The molecule has 20 heavy (non-hydrogen) atoms. The highest BCUT2D eigenvalue weighted by molar-refractivity contribution is 7.10. The molecule has 0 spiro atoms. The van der Waals surface area contributed by atoms with Gasteiger partial charge in [-0.2, -0.15) is 5.26 Å². The number of hydrogen-bond donors (Lipinski definition) is 0. The van der Waals surface area contributed by atoms with Crippen molar-refractivity contribution in [3.05, 3.63) is 40.2 Å². The maximum atomic E-state index is 8.82. The van der Waals surface area contributed by atoms with Gasteiger partial charge in [-0.1, -0.05) is 19.1 Å². The van der Waals surface area contributed by atoms with E-state index in [4.69, 9.17) is 15.0 Å². The van der Waals surface area contributed by atoms with E-state index in [1.165, 1.54) is 0 Å². The minimum Gasteiger partial charge on any atom is -0.368 e. The van der Waals surface area contributed by atoms with E-state index >= 15 is 0 Å². The molecule has 0 aliphatic carbocycles. The number of benzene rings is 1. The van der Waals surface area contributed by atoms with Crippen LogP contribution in [0.3, 0.4) is 0 Å². The van der Waals surface area contributed by atoms with Gasteiger partial charge in [-0.3, -0.25) is 0 Å². The molecule has 0 aliphatic heterocycles. The number of ether oxygens (including phenoxy) is 1. The van der Waals surface area contributed by atoms with Gasteiger partial charge in [0.2, 0.25) is 0 Å². The van der Waals surface area contributed by atoms with Crippen molar-refractivity contribution in [1.29, 1.82) is 5.26 Å². The van der Waals surface area contributed by atoms with Crippen molar-refractivity contribution in [3.63, 3.8) is 0 Å². The Morgan fingerprint density at radius 1 is 1.30 bits per heavy atom. The lowest BCUT2D eigenvalue weighted by Gasteiger charge is -2.25. The molecular weight excluding hydrogens is 268 g/mol. The van der Waals surface area contributed by atoms with Crippen LogP contribution in [-0.4, -0.2) is 11.6 Å². The normalized spacial score (nSPS) is 13.7. The van der Waals surface area contributed by atoms with Crippen LogP contribution in [0.1, 0.15) is 37.8 Å². The van der Waals surface area contributed by atoms with Gasteiger partial charge in [-0.05, 0) is 32.4 Å². The second-order valence-electron chi connectivity index (χ2n) is 4.74. The molecule has 4 heteroatoms. The maximum absolute atomic E-state index is 8.82. The lowest BCUT2D eigenvalue weighted by molar-refractivity contribution is -0.0324. The highest BCUT2D eigenvalue weighted by atomic mass is 32.1. The van der Waals surface area contributed by atoms with Gasteiger partial charge < -0.3 is 4.74 Å². The van der Waals surface area contributed by atoms with Crippen molar-refractivity contribution in [2.75, 3.05) is 6.61 Å². The Hall–Kier alpha value is -1.70. The zero-order chi connectivity index (χ0) is 14.6. The highest BCUT2D eigenvalue weighted by Crippen LogP contribution is 2.33. The van der Waals surface area contributed by atoms with E-state index in [1.54, 1.807) is 11.3 Å². The molecule has 0 saturated carbocycles. The molecule has 3 nitrogen and oxygen atoms in total. The monoisotopic (exact) mass is 286 g/mol. The molecule has 0 aliphatic rings. The van der Waals surface area contributed by atoms with Crippen LogP contribution in [0.25, 0.3) is 11.3 Å². The minimum atomic E-state index is -0.315. The molecule has 0 radical (unpaired) electrons. The summed E-state index contributed by atoms with van der Waals surface area (Å²) in [5, 5.41) is 11.9. The summed E-state index contributed by atoms with van der Waals surface area (Å²) in [5.41, 5.74) is 2.32. The average molecular weight is 286 g/mol. The van der Waals surface area contributed by atoms with Crippen LogP contribution in [0, 0.1) is 11.3 Å². The first-order valence-corrected chi connectivity index (χ1v) is 7.61. The third kappa shape index (κ3) is 2.90. The average Bonchev–Trinajstić information content (AvgIpc) is 2.98. The molecule has 0 bridgehead atoms. The molecule has 2 aromatic rings. The summed E-state index contributed by atoms with van der Waals surface area (Å²) in [7, 11) is 0. The first-order chi connectivity index (χ1) is 9.62. The molecule has 0 fully saturated rings. The van der Waals surface area contributed by atoms with Crippen LogP contribution in [0.4, 0.5) is 0 Å². The summed E-state index contributed by atoms with van der Waals surface area (Å²) in [6.45, 7) is 6.87. The Balaban J connectivity index is 2.30. The van der Waals surface area contributed by atoms with Gasteiger partial charge in [0.1, 0.15) is 10.6 Å². The number of aromatic nitrogens is 1. The number of nitrogens with zero attached hydrogens (tertiary/aromatic N) is 2. The van der Waals surface area contributed by atoms with Crippen molar-refractivity contribution >= 4 is 11.3 Å². The Morgan fingerprint density at radius 3 is 2.55 bits per heavy atom. The van der Waals surface area contributed by atoms with Crippen LogP contribution < -0.4 is 0 Å². The molecule has 1 aromatic carbocycles. The molecule has 1 unspecified atom stereocenters. The summed E-state index contributed by atoms with van der Waals surface area (Å²) in [6.07, 6.45) is 0.890. The molecule has 0 amide bonds. The minimum absolute atomic E-state index is 0.315. The van der Waals surface area contributed by atoms with Crippen molar-refractivity contribution < 1.29 is 4.74 Å². The summed E-state index contributed by atoms with van der Waals surface area (Å²) in [4.78, 5) is 4.71. The van der Waals surface area contributed by atoms with E-state index in [9.17, 15) is 0 Å². The van der Waals surface area contributed by atoms with E-state index in [2.05, 4.69) is 19.9 Å². The molecule has 0 saturated heterocycles. The predicted octanol–water partition coefficient (Wildman–Crippen LogP) is 4.34. The van der Waals surface area contributed by atoms with E-state index < -0.39 is 0 Å². The molecule has 1 atom stereocenters. The molecule has 104 valence electrons. The fourth-order valence-corrected chi connectivity index (χ4v) is 3.01. The number of thiazole rings is 1. The third-order valence-corrected chi connectivity index (χ3v) is 4.49. The van der Waals surface area contributed by atoms with Gasteiger partial charge in [0.05, 0.1) is 17.3 Å². The van der Waals surface area contributed by atoms with Gasteiger partial charge in [-0.15, -0.1) is 11.3 Å². The van der Waals surface area contributed by atoms with E-state index in [0.29, 0.717) is 12.2 Å². The summed E-state index contributed by atoms with van der Waals surface area (Å²) >= 11 is 1.62. The van der Waals surface area contributed by atoms with Crippen molar-refractivity contribution in [3.8, 4) is 17.3 Å². The first-order valence-electron chi connectivity index (χ1n) is 6.73. The molecule has 2 rings (SSSR count). The number of hydrogen-bond acceptors (Lipinski definition) is 4. The van der Waals surface area contributed by atoms with Gasteiger partial charge in [0.15, 0.2) is 0 Å². The Morgan fingerprint density at radius 2 is 2.00 bits per heavy atom. The van der Waals surface area contributed by atoms with Gasteiger partial charge in [0.25, 0.3) is 0 Å². The van der Waals surface area contributed by atoms with E-state index in [-0.39, 0.29) is 5.60 Å². The van der Waals surface area contributed by atoms with Gasteiger partial charge >= 0.3 is 0 Å². The van der Waals surface area contributed by atoms with Crippen LogP contribution in [0.2, 0.25) is 0 Å². The SMILES string of the molecule is CCOC(C)(CC)c1nc(-c2ccc(C#N)cc2)cs1. The molecular formula is C16H18N2OS.